The quantitative estimate of drug-likeness (QED) is 0.124. The Morgan fingerprint density at radius 3 is 2.40 bits per heavy atom. The van der Waals surface area contributed by atoms with Crippen molar-refractivity contribution in [1.82, 2.24) is 20.2 Å². The molecule has 1 aliphatic carbocycles. The number of aromatic amines is 1. The van der Waals surface area contributed by atoms with E-state index in [-0.39, 0.29) is 34.7 Å². The summed E-state index contributed by atoms with van der Waals surface area (Å²) in [6.45, 7) is -1.51. The lowest BCUT2D eigenvalue weighted by atomic mass is 10.1. The molecule has 42 heavy (non-hydrogen) atoms. The standard InChI is InChI=1S/C30H31F2N5O3S2/c31-16-14-21-10-7-11-22(15-17-32)27(21)42(38,39)37-28-26(25-20-33-18-19-34-25)29(36-35-28)41-30(23-8-3-1-4-9-23)40-24-12-5-2-6-13-24/h1,3-4,7-12,18-20,30H,2,5-6,13-17H2,(H2,35,36,37). The number of aryl methyl sites for hydroxylation is 2. The number of rotatable bonds is 13. The van der Waals surface area contributed by atoms with Gasteiger partial charge in [0.1, 0.15) is 10.8 Å². The van der Waals surface area contributed by atoms with Gasteiger partial charge in [-0.25, -0.2) is 8.42 Å². The van der Waals surface area contributed by atoms with E-state index in [9.17, 15) is 17.2 Å². The maximum absolute atomic E-state index is 13.8. The fourth-order valence-corrected chi connectivity index (χ4v) is 7.48. The molecule has 0 fully saturated rings. The lowest BCUT2D eigenvalue weighted by Gasteiger charge is -2.22. The molecule has 1 atom stereocenters. The fraction of sp³-hybridized carbons (Fsp3) is 0.300. The highest BCUT2D eigenvalue weighted by molar-refractivity contribution is 7.99. The number of ether oxygens (including phenoxy) is 1. The Balaban J connectivity index is 1.55. The molecule has 2 aromatic heterocycles. The Labute approximate surface area is 248 Å². The molecule has 5 rings (SSSR count). The molecule has 2 heterocycles. The Morgan fingerprint density at radius 2 is 1.76 bits per heavy atom. The molecule has 220 valence electrons. The number of thioether (sulfide) groups is 1. The van der Waals surface area contributed by atoms with E-state index in [4.69, 9.17) is 4.74 Å². The van der Waals surface area contributed by atoms with Gasteiger partial charge in [-0.1, -0.05) is 60.3 Å². The second kappa shape index (κ2) is 13.9. The molecule has 0 amide bonds. The first kappa shape index (κ1) is 29.7. The number of nitrogens with zero attached hydrogens (tertiary/aromatic N) is 3. The molecular formula is C30H31F2N5O3S2. The summed E-state index contributed by atoms with van der Waals surface area (Å²) in [5.74, 6) is 0.966. The van der Waals surface area contributed by atoms with Gasteiger partial charge in [-0.3, -0.25) is 28.6 Å². The highest BCUT2D eigenvalue weighted by atomic mass is 32.2. The second-order valence-electron chi connectivity index (χ2n) is 9.65. The third kappa shape index (κ3) is 6.99. The summed E-state index contributed by atoms with van der Waals surface area (Å²) < 4.78 is 63.4. The number of nitrogens with one attached hydrogen (secondary N) is 2. The predicted octanol–water partition coefficient (Wildman–Crippen LogP) is 6.96. The average molecular weight is 612 g/mol. The number of hydrogen-bond donors (Lipinski definition) is 2. The van der Waals surface area contributed by atoms with Gasteiger partial charge in [0.25, 0.3) is 10.0 Å². The average Bonchev–Trinajstić information content (AvgIpc) is 3.39. The van der Waals surface area contributed by atoms with Crippen LogP contribution in [0, 0.1) is 0 Å². The van der Waals surface area contributed by atoms with Crippen molar-refractivity contribution in [1.29, 1.82) is 0 Å². The van der Waals surface area contributed by atoms with Crippen molar-refractivity contribution in [2.24, 2.45) is 0 Å². The Bertz CT molecular complexity index is 1590. The van der Waals surface area contributed by atoms with E-state index in [0.29, 0.717) is 16.3 Å². The van der Waals surface area contributed by atoms with Gasteiger partial charge in [-0.15, -0.1) is 0 Å². The van der Waals surface area contributed by atoms with Crippen LogP contribution in [-0.2, 0) is 27.6 Å². The maximum atomic E-state index is 13.8. The van der Waals surface area contributed by atoms with Crippen molar-refractivity contribution in [2.75, 3.05) is 18.1 Å². The number of sulfonamides is 1. The number of alkyl halides is 2. The van der Waals surface area contributed by atoms with E-state index < -0.39 is 28.8 Å². The summed E-state index contributed by atoms with van der Waals surface area (Å²) in [5.41, 5.74) is 1.75. The molecule has 0 saturated carbocycles. The summed E-state index contributed by atoms with van der Waals surface area (Å²) in [6, 6.07) is 14.4. The molecule has 2 N–H and O–H groups in total. The molecule has 0 spiro atoms. The third-order valence-electron chi connectivity index (χ3n) is 6.76. The van der Waals surface area contributed by atoms with E-state index in [1.807, 2.05) is 30.3 Å². The van der Waals surface area contributed by atoms with Crippen molar-refractivity contribution < 1.29 is 21.9 Å². The van der Waals surface area contributed by atoms with Crippen molar-refractivity contribution in [2.45, 2.75) is 53.9 Å². The predicted molar refractivity (Wildman–Crippen MR) is 159 cm³/mol. The third-order valence-corrected chi connectivity index (χ3v) is 9.40. The van der Waals surface area contributed by atoms with E-state index in [1.165, 1.54) is 42.5 Å². The minimum Gasteiger partial charge on any atom is -0.479 e. The number of H-pyrrole nitrogens is 1. The van der Waals surface area contributed by atoms with Gasteiger partial charge < -0.3 is 4.74 Å². The molecule has 0 saturated heterocycles. The molecule has 1 unspecified atom stereocenters. The summed E-state index contributed by atoms with van der Waals surface area (Å²) in [6.07, 6.45) is 10.4. The molecule has 2 aromatic carbocycles. The van der Waals surface area contributed by atoms with Crippen LogP contribution in [0.1, 0.15) is 47.8 Å². The number of aromatic nitrogens is 4. The van der Waals surface area contributed by atoms with Gasteiger partial charge in [0, 0.05) is 37.2 Å². The van der Waals surface area contributed by atoms with E-state index >= 15 is 0 Å². The zero-order valence-corrected chi connectivity index (χ0v) is 24.4. The van der Waals surface area contributed by atoms with Gasteiger partial charge in [0.15, 0.2) is 5.44 Å². The zero-order valence-electron chi connectivity index (χ0n) is 22.8. The van der Waals surface area contributed by atoms with Crippen molar-refractivity contribution in [3.63, 3.8) is 0 Å². The van der Waals surface area contributed by atoms with E-state index in [0.717, 1.165) is 37.0 Å². The largest absolute Gasteiger partial charge is 0.479 e. The molecule has 0 bridgehead atoms. The monoisotopic (exact) mass is 611 g/mol. The van der Waals surface area contributed by atoms with Crippen LogP contribution in [0.4, 0.5) is 14.6 Å². The number of allylic oxidation sites excluding steroid dienone is 2. The first-order chi connectivity index (χ1) is 20.5. The van der Waals surface area contributed by atoms with Crippen LogP contribution in [0.15, 0.2) is 88.9 Å². The van der Waals surface area contributed by atoms with Crippen LogP contribution >= 0.6 is 11.8 Å². The number of benzene rings is 2. The fourth-order valence-electron chi connectivity index (χ4n) is 4.84. The lowest BCUT2D eigenvalue weighted by Crippen LogP contribution is -2.18. The Kier molecular flexibility index (Phi) is 9.85. The first-order valence-electron chi connectivity index (χ1n) is 13.7. The van der Waals surface area contributed by atoms with Gasteiger partial charge in [0.05, 0.1) is 41.5 Å². The number of halogens is 2. The van der Waals surface area contributed by atoms with Gasteiger partial charge in [-0.05, 0) is 36.5 Å². The topological polar surface area (TPSA) is 110 Å². The van der Waals surface area contributed by atoms with Gasteiger partial charge in [-0.2, -0.15) is 5.10 Å². The summed E-state index contributed by atoms with van der Waals surface area (Å²) >= 11 is 1.31. The molecule has 12 heteroatoms. The second-order valence-corrected chi connectivity index (χ2v) is 12.3. The first-order valence-corrected chi connectivity index (χ1v) is 16.0. The maximum Gasteiger partial charge on any atom is 0.263 e. The van der Waals surface area contributed by atoms with Crippen LogP contribution in [-0.4, -0.2) is 41.9 Å². The zero-order chi connectivity index (χ0) is 29.4. The molecule has 8 nitrogen and oxygen atoms in total. The summed E-state index contributed by atoms with van der Waals surface area (Å²) in [5, 5.41) is 7.73. The number of hydrogen-bond acceptors (Lipinski definition) is 7. The van der Waals surface area contributed by atoms with Crippen LogP contribution < -0.4 is 4.72 Å². The molecule has 1 aliphatic rings. The molecule has 0 aliphatic heterocycles. The summed E-state index contributed by atoms with van der Waals surface area (Å²) in [7, 11) is -4.29. The number of anilines is 1. The summed E-state index contributed by atoms with van der Waals surface area (Å²) in [4.78, 5) is 8.45. The highest BCUT2D eigenvalue weighted by Gasteiger charge is 2.29. The Morgan fingerprint density at radius 1 is 1.00 bits per heavy atom. The van der Waals surface area contributed by atoms with Crippen molar-refractivity contribution in [3.05, 3.63) is 95.6 Å². The molecule has 4 aromatic rings. The van der Waals surface area contributed by atoms with E-state index in [1.54, 1.807) is 6.07 Å². The highest BCUT2D eigenvalue weighted by Crippen LogP contribution is 2.44. The van der Waals surface area contributed by atoms with Crippen LogP contribution in [0.3, 0.4) is 0 Å². The van der Waals surface area contributed by atoms with Crippen molar-refractivity contribution >= 4 is 27.6 Å². The van der Waals surface area contributed by atoms with Crippen molar-refractivity contribution in [3.8, 4) is 11.3 Å². The minimum absolute atomic E-state index is 0.0583. The molecular weight excluding hydrogens is 580 g/mol. The SMILES string of the molecule is O=S(=O)(Nc1[nH]nc(SC(OC2=CCCCC2)c2ccccc2)c1-c1cnccn1)c1c(CCF)cccc1CCF. The van der Waals surface area contributed by atoms with Gasteiger partial charge >= 0.3 is 0 Å². The lowest BCUT2D eigenvalue weighted by molar-refractivity contribution is 0.173. The minimum atomic E-state index is -4.29. The van der Waals surface area contributed by atoms with Crippen LogP contribution in [0.5, 0.6) is 0 Å². The smallest absolute Gasteiger partial charge is 0.263 e. The molecule has 0 radical (unpaired) electrons. The van der Waals surface area contributed by atoms with Crippen LogP contribution in [0.25, 0.3) is 11.3 Å². The van der Waals surface area contributed by atoms with E-state index in [2.05, 4.69) is 31.0 Å². The Hall–Kier alpha value is -3.77. The normalized spacial score (nSPS) is 14.3. The van der Waals surface area contributed by atoms with Gasteiger partial charge in [0.2, 0.25) is 0 Å². The van der Waals surface area contributed by atoms with Crippen LogP contribution in [0.2, 0.25) is 0 Å².